The van der Waals surface area contributed by atoms with E-state index in [0.717, 1.165) is 4.90 Å². The van der Waals surface area contributed by atoms with Crippen LogP contribution in [-0.2, 0) is 4.79 Å². The second-order valence-electron chi connectivity index (χ2n) is 5.26. The molecule has 0 saturated heterocycles. The van der Waals surface area contributed by atoms with Crippen LogP contribution in [0.3, 0.4) is 0 Å². The Bertz CT molecular complexity index is 711. The van der Waals surface area contributed by atoms with Gasteiger partial charge < -0.3 is 10.6 Å². The fraction of sp³-hybridized carbons (Fsp3) is 0.222. The van der Waals surface area contributed by atoms with Gasteiger partial charge in [0.05, 0.1) is 5.75 Å². The van der Waals surface area contributed by atoms with Crippen molar-refractivity contribution in [1.29, 1.82) is 0 Å². The van der Waals surface area contributed by atoms with Gasteiger partial charge in [-0.25, -0.2) is 0 Å². The van der Waals surface area contributed by atoms with E-state index >= 15 is 0 Å². The molecule has 0 atom stereocenters. The van der Waals surface area contributed by atoms with E-state index in [4.69, 9.17) is 0 Å². The van der Waals surface area contributed by atoms with Crippen LogP contribution in [0.4, 0.5) is 5.69 Å². The lowest BCUT2D eigenvalue weighted by molar-refractivity contribution is -0.113. The molecule has 0 aliphatic rings. The Hall–Kier alpha value is -2.27. The zero-order valence-corrected chi connectivity index (χ0v) is 14.3. The molecule has 0 aliphatic carbocycles. The van der Waals surface area contributed by atoms with Crippen LogP contribution in [0.25, 0.3) is 0 Å². The topological polar surface area (TPSA) is 58.2 Å². The average Bonchev–Trinajstić information content (AvgIpc) is 2.54. The molecule has 23 heavy (non-hydrogen) atoms. The zero-order valence-electron chi connectivity index (χ0n) is 13.5. The number of rotatable bonds is 5. The van der Waals surface area contributed by atoms with Crippen LogP contribution in [0.15, 0.2) is 47.4 Å². The molecule has 0 spiro atoms. The van der Waals surface area contributed by atoms with Crippen LogP contribution in [0.1, 0.15) is 21.5 Å². The van der Waals surface area contributed by atoms with Gasteiger partial charge in [0.2, 0.25) is 5.91 Å². The molecule has 2 amide bonds. The fourth-order valence-electron chi connectivity index (χ4n) is 2.15. The lowest BCUT2D eigenvalue weighted by atomic mass is 10.2. The monoisotopic (exact) mass is 328 g/mol. The van der Waals surface area contributed by atoms with Crippen molar-refractivity contribution in [3.63, 3.8) is 0 Å². The predicted octanol–water partition coefficient (Wildman–Crippen LogP) is 3.39. The molecule has 0 aliphatic heterocycles. The van der Waals surface area contributed by atoms with Gasteiger partial charge in [0.15, 0.2) is 0 Å². The zero-order chi connectivity index (χ0) is 16.8. The second kappa shape index (κ2) is 7.83. The summed E-state index contributed by atoms with van der Waals surface area (Å²) in [4.78, 5) is 24.6. The van der Waals surface area contributed by atoms with E-state index in [2.05, 4.69) is 23.6 Å². The number of thioether (sulfide) groups is 1. The Labute approximate surface area is 140 Å². The van der Waals surface area contributed by atoms with Crippen molar-refractivity contribution in [2.24, 2.45) is 0 Å². The third kappa shape index (κ3) is 4.86. The molecule has 0 saturated carbocycles. The third-order valence-electron chi connectivity index (χ3n) is 3.35. The summed E-state index contributed by atoms with van der Waals surface area (Å²) >= 11 is 1.52. The molecule has 0 aromatic heterocycles. The molecule has 2 aromatic rings. The first-order valence-electron chi connectivity index (χ1n) is 7.31. The number of nitrogens with one attached hydrogen (secondary N) is 2. The van der Waals surface area contributed by atoms with Crippen molar-refractivity contribution in [3.05, 3.63) is 59.2 Å². The minimum atomic E-state index is -0.145. The quantitative estimate of drug-likeness (QED) is 0.827. The Balaban J connectivity index is 1.90. The van der Waals surface area contributed by atoms with Crippen LogP contribution in [0.2, 0.25) is 0 Å². The number of benzene rings is 2. The Morgan fingerprint density at radius 1 is 1.04 bits per heavy atom. The second-order valence-corrected chi connectivity index (χ2v) is 6.28. The van der Waals surface area contributed by atoms with Gasteiger partial charge in [-0.2, -0.15) is 0 Å². The first-order valence-corrected chi connectivity index (χ1v) is 8.30. The van der Waals surface area contributed by atoms with Crippen molar-refractivity contribution < 1.29 is 9.59 Å². The first-order chi connectivity index (χ1) is 11.0. The van der Waals surface area contributed by atoms with Gasteiger partial charge in [0, 0.05) is 23.2 Å². The van der Waals surface area contributed by atoms with Gasteiger partial charge >= 0.3 is 0 Å². The summed E-state index contributed by atoms with van der Waals surface area (Å²) in [6, 6.07) is 13.0. The molecule has 2 N–H and O–H groups in total. The minimum absolute atomic E-state index is 0.0670. The third-order valence-corrected chi connectivity index (χ3v) is 4.52. The van der Waals surface area contributed by atoms with Gasteiger partial charge in [-0.05, 0) is 49.7 Å². The average molecular weight is 328 g/mol. The first kappa shape index (κ1) is 17.1. The van der Waals surface area contributed by atoms with Crippen LogP contribution in [-0.4, -0.2) is 24.6 Å². The van der Waals surface area contributed by atoms with E-state index < -0.39 is 0 Å². The molecular weight excluding hydrogens is 308 g/mol. The summed E-state index contributed by atoms with van der Waals surface area (Å²) in [5.41, 5.74) is 3.64. The normalized spacial score (nSPS) is 10.2. The van der Waals surface area contributed by atoms with E-state index in [1.807, 2.05) is 19.1 Å². The maximum atomic E-state index is 12.0. The molecule has 4 nitrogen and oxygen atoms in total. The predicted molar refractivity (Wildman–Crippen MR) is 95.1 cm³/mol. The molecule has 5 heteroatoms. The minimum Gasteiger partial charge on any atom is -0.355 e. The number of carbonyl (C=O) groups excluding carboxylic acids is 2. The number of aryl methyl sites for hydroxylation is 2. The van der Waals surface area contributed by atoms with Crippen LogP contribution in [0, 0.1) is 13.8 Å². The Kier molecular flexibility index (Phi) is 5.82. The molecule has 0 heterocycles. The molecule has 0 radical (unpaired) electrons. The lowest BCUT2D eigenvalue weighted by Gasteiger charge is -2.08. The highest BCUT2D eigenvalue weighted by molar-refractivity contribution is 8.00. The molecule has 0 unspecified atom stereocenters. The van der Waals surface area contributed by atoms with E-state index in [1.54, 1.807) is 31.3 Å². The summed E-state index contributed by atoms with van der Waals surface area (Å²) < 4.78 is 0. The van der Waals surface area contributed by atoms with E-state index in [1.165, 1.54) is 22.9 Å². The molecule has 120 valence electrons. The number of hydrogen-bond donors (Lipinski definition) is 2. The van der Waals surface area contributed by atoms with Crippen molar-refractivity contribution in [2.75, 3.05) is 18.1 Å². The summed E-state index contributed by atoms with van der Waals surface area (Å²) in [6.45, 7) is 4.10. The smallest absolute Gasteiger partial charge is 0.251 e. The largest absolute Gasteiger partial charge is 0.355 e. The van der Waals surface area contributed by atoms with Gasteiger partial charge in [0.1, 0.15) is 0 Å². The highest BCUT2D eigenvalue weighted by Crippen LogP contribution is 2.23. The van der Waals surface area contributed by atoms with Crippen molar-refractivity contribution in [3.8, 4) is 0 Å². The van der Waals surface area contributed by atoms with Crippen LogP contribution in [0.5, 0.6) is 0 Å². The maximum absolute atomic E-state index is 12.0. The molecular formula is C18H20N2O2S. The lowest BCUT2D eigenvalue weighted by Crippen LogP contribution is -2.18. The van der Waals surface area contributed by atoms with Gasteiger partial charge in [-0.3, -0.25) is 9.59 Å². The number of hydrogen-bond acceptors (Lipinski definition) is 3. The number of amides is 2. The molecule has 0 fully saturated rings. The highest BCUT2D eigenvalue weighted by atomic mass is 32.2. The SMILES string of the molecule is CNC(=O)c1ccc(NC(=O)CSc2ccc(C)cc2C)cc1. The van der Waals surface area contributed by atoms with Gasteiger partial charge in [-0.1, -0.05) is 17.7 Å². The van der Waals surface area contributed by atoms with E-state index in [0.29, 0.717) is 17.0 Å². The summed E-state index contributed by atoms with van der Waals surface area (Å²) in [5, 5.41) is 5.40. The summed E-state index contributed by atoms with van der Waals surface area (Å²) in [5.74, 6) is 0.136. The summed E-state index contributed by atoms with van der Waals surface area (Å²) in [6.07, 6.45) is 0. The molecule has 2 rings (SSSR count). The van der Waals surface area contributed by atoms with Crippen molar-refractivity contribution in [1.82, 2.24) is 5.32 Å². The number of anilines is 1. The van der Waals surface area contributed by atoms with Crippen LogP contribution >= 0.6 is 11.8 Å². The van der Waals surface area contributed by atoms with Gasteiger partial charge in [0.25, 0.3) is 5.91 Å². The van der Waals surface area contributed by atoms with E-state index in [9.17, 15) is 9.59 Å². The van der Waals surface area contributed by atoms with Gasteiger partial charge in [-0.15, -0.1) is 11.8 Å². The molecule has 2 aromatic carbocycles. The van der Waals surface area contributed by atoms with Crippen LogP contribution < -0.4 is 10.6 Å². The summed E-state index contributed by atoms with van der Waals surface area (Å²) in [7, 11) is 1.59. The van der Waals surface area contributed by atoms with Crippen molar-refractivity contribution in [2.45, 2.75) is 18.7 Å². The fourth-order valence-corrected chi connectivity index (χ4v) is 2.96. The maximum Gasteiger partial charge on any atom is 0.251 e. The standard InChI is InChI=1S/C18H20N2O2S/c1-12-4-9-16(13(2)10-12)23-11-17(21)20-15-7-5-14(6-8-15)18(22)19-3/h4-10H,11H2,1-3H3,(H,19,22)(H,20,21). The Morgan fingerprint density at radius 3 is 2.35 bits per heavy atom. The molecule has 0 bridgehead atoms. The highest BCUT2D eigenvalue weighted by Gasteiger charge is 2.07. The van der Waals surface area contributed by atoms with Crippen molar-refractivity contribution >= 4 is 29.3 Å². The number of carbonyl (C=O) groups is 2. The Morgan fingerprint density at radius 2 is 1.74 bits per heavy atom. The van der Waals surface area contributed by atoms with E-state index in [-0.39, 0.29) is 11.8 Å².